The van der Waals surface area contributed by atoms with E-state index in [1.54, 1.807) is 12.1 Å². The SMILES string of the molecule is O=C(O)C=Cc1ccccc1Cn1ncccc1=O. The second-order valence-electron chi connectivity index (χ2n) is 3.89. The zero-order chi connectivity index (χ0) is 13.7. The van der Waals surface area contributed by atoms with Crippen molar-refractivity contribution in [2.45, 2.75) is 6.54 Å². The Bertz CT molecular complexity index is 674. The summed E-state index contributed by atoms with van der Waals surface area (Å²) < 4.78 is 1.33. The maximum absolute atomic E-state index is 11.6. The van der Waals surface area contributed by atoms with Gasteiger partial charge in [-0.3, -0.25) is 4.79 Å². The minimum atomic E-state index is -1.01. The van der Waals surface area contributed by atoms with Crippen LogP contribution in [0.4, 0.5) is 0 Å². The van der Waals surface area contributed by atoms with Crippen LogP contribution in [0, 0.1) is 0 Å². The third-order valence-corrected chi connectivity index (χ3v) is 2.57. The Labute approximate surface area is 109 Å². The van der Waals surface area contributed by atoms with Crippen molar-refractivity contribution in [2.75, 3.05) is 0 Å². The van der Waals surface area contributed by atoms with Gasteiger partial charge in [0, 0.05) is 18.3 Å². The molecule has 0 aliphatic rings. The van der Waals surface area contributed by atoms with Crippen molar-refractivity contribution in [1.29, 1.82) is 0 Å². The second-order valence-corrected chi connectivity index (χ2v) is 3.89. The molecule has 5 heteroatoms. The Morgan fingerprint density at radius 2 is 2.05 bits per heavy atom. The number of hydrogen-bond acceptors (Lipinski definition) is 3. The van der Waals surface area contributed by atoms with Crippen LogP contribution in [0.1, 0.15) is 11.1 Å². The molecule has 5 nitrogen and oxygen atoms in total. The Balaban J connectivity index is 2.33. The molecular weight excluding hydrogens is 244 g/mol. The largest absolute Gasteiger partial charge is 0.478 e. The quantitative estimate of drug-likeness (QED) is 0.839. The first-order chi connectivity index (χ1) is 9.16. The molecule has 0 aliphatic carbocycles. The van der Waals surface area contributed by atoms with Crippen molar-refractivity contribution in [3.05, 3.63) is 70.2 Å². The van der Waals surface area contributed by atoms with Gasteiger partial charge in [-0.15, -0.1) is 0 Å². The van der Waals surface area contributed by atoms with Gasteiger partial charge in [0.15, 0.2) is 0 Å². The summed E-state index contributed by atoms with van der Waals surface area (Å²) in [6, 6.07) is 10.3. The minimum absolute atomic E-state index is 0.195. The van der Waals surface area contributed by atoms with Crippen LogP contribution in [-0.2, 0) is 11.3 Å². The lowest BCUT2D eigenvalue weighted by atomic mass is 10.1. The van der Waals surface area contributed by atoms with Gasteiger partial charge >= 0.3 is 5.97 Å². The molecule has 1 aromatic heterocycles. The maximum Gasteiger partial charge on any atom is 0.328 e. The molecule has 0 amide bonds. The van der Waals surface area contributed by atoms with Crippen LogP contribution in [0.5, 0.6) is 0 Å². The average molecular weight is 256 g/mol. The normalized spacial score (nSPS) is 10.7. The summed E-state index contributed by atoms with van der Waals surface area (Å²) in [5, 5.41) is 12.6. The van der Waals surface area contributed by atoms with E-state index < -0.39 is 5.97 Å². The molecule has 1 heterocycles. The van der Waals surface area contributed by atoms with Gasteiger partial charge in [-0.2, -0.15) is 5.10 Å². The summed E-state index contributed by atoms with van der Waals surface area (Å²) in [6.07, 6.45) is 4.11. The lowest BCUT2D eigenvalue weighted by molar-refractivity contribution is -0.131. The zero-order valence-corrected chi connectivity index (χ0v) is 10.1. The first-order valence-electron chi connectivity index (χ1n) is 5.68. The highest BCUT2D eigenvalue weighted by Crippen LogP contribution is 2.11. The van der Waals surface area contributed by atoms with Crippen LogP contribution in [0.2, 0.25) is 0 Å². The predicted octanol–water partition coefficient (Wildman–Crippen LogP) is 1.39. The van der Waals surface area contributed by atoms with E-state index in [2.05, 4.69) is 5.10 Å². The fourth-order valence-electron chi connectivity index (χ4n) is 1.67. The lowest BCUT2D eigenvalue weighted by Crippen LogP contribution is -2.22. The van der Waals surface area contributed by atoms with Gasteiger partial charge in [0.2, 0.25) is 0 Å². The summed E-state index contributed by atoms with van der Waals surface area (Å²) in [5.41, 5.74) is 1.39. The van der Waals surface area contributed by atoms with Gasteiger partial charge in [-0.1, -0.05) is 24.3 Å². The number of rotatable bonds is 4. The number of nitrogens with zero attached hydrogens (tertiary/aromatic N) is 2. The first kappa shape index (κ1) is 12.8. The van der Waals surface area contributed by atoms with Gasteiger partial charge in [-0.25, -0.2) is 9.48 Å². The maximum atomic E-state index is 11.6. The highest BCUT2D eigenvalue weighted by Gasteiger charge is 2.02. The summed E-state index contributed by atoms with van der Waals surface area (Å²) in [4.78, 5) is 22.1. The molecule has 96 valence electrons. The predicted molar refractivity (Wildman–Crippen MR) is 70.7 cm³/mol. The van der Waals surface area contributed by atoms with Gasteiger partial charge < -0.3 is 5.11 Å². The fourth-order valence-corrected chi connectivity index (χ4v) is 1.67. The smallest absolute Gasteiger partial charge is 0.328 e. The Kier molecular flexibility index (Phi) is 3.87. The molecule has 0 fully saturated rings. The molecule has 2 aromatic rings. The first-order valence-corrected chi connectivity index (χ1v) is 5.68. The van der Waals surface area contributed by atoms with Gasteiger partial charge in [0.1, 0.15) is 0 Å². The molecule has 0 saturated carbocycles. The van der Waals surface area contributed by atoms with E-state index >= 15 is 0 Å². The van der Waals surface area contributed by atoms with Crippen molar-refractivity contribution < 1.29 is 9.90 Å². The molecular formula is C14H12N2O3. The van der Waals surface area contributed by atoms with Gasteiger partial charge in [-0.05, 0) is 23.3 Å². The van der Waals surface area contributed by atoms with Crippen LogP contribution in [-0.4, -0.2) is 20.9 Å². The van der Waals surface area contributed by atoms with Gasteiger partial charge in [0.25, 0.3) is 5.56 Å². The van der Waals surface area contributed by atoms with Crippen LogP contribution < -0.4 is 5.56 Å². The number of aromatic nitrogens is 2. The molecule has 0 radical (unpaired) electrons. The van der Waals surface area contributed by atoms with Crippen molar-refractivity contribution in [1.82, 2.24) is 9.78 Å². The van der Waals surface area contributed by atoms with E-state index in [0.29, 0.717) is 6.54 Å². The Hall–Kier alpha value is -2.69. The Morgan fingerprint density at radius 1 is 1.26 bits per heavy atom. The van der Waals surface area contributed by atoms with E-state index in [1.165, 1.54) is 23.0 Å². The molecule has 0 atom stereocenters. The summed E-state index contributed by atoms with van der Waals surface area (Å²) in [7, 11) is 0. The number of benzene rings is 1. The molecule has 0 bridgehead atoms. The van der Waals surface area contributed by atoms with E-state index in [1.807, 2.05) is 18.2 Å². The Morgan fingerprint density at radius 3 is 2.79 bits per heavy atom. The van der Waals surface area contributed by atoms with Gasteiger partial charge in [0.05, 0.1) is 6.54 Å². The zero-order valence-electron chi connectivity index (χ0n) is 10.1. The number of carboxylic acid groups (broad SMARTS) is 1. The van der Waals surface area contributed by atoms with E-state index in [0.717, 1.165) is 17.2 Å². The van der Waals surface area contributed by atoms with E-state index in [9.17, 15) is 9.59 Å². The van der Waals surface area contributed by atoms with Crippen molar-refractivity contribution in [3.63, 3.8) is 0 Å². The number of aliphatic carboxylic acids is 1. The van der Waals surface area contributed by atoms with E-state index in [4.69, 9.17) is 5.11 Å². The average Bonchev–Trinajstić information content (AvgIpc) is 2.40. The third kappa shape index (κ3) is 3.38. The van der Waals surface area contributed by atoms with Crippen LogP contribution in [0.25, 0.3) is 6.08 Å². The van der Waals surface area contributed by atoms with Crippen molar-refractivity contribution in [3.8, 4) is 0 Å². The standard InChI is InChI=1S/C14H12N2O3/c17-13-6-3-9-15-16(13)10-12-5-2-1-4-11(12)7-8-14(18)19/h1-9H,10H2,(H,18,19). The highest BCUT2D eigenvalue weighted by molar-refractivity contribution is 5.85. The molecule has 0 saturated heterocycles. The molecule has 2 rings (SSSR count). The molecule has 1 aromatic carbocycles. The molecule has 0 aliphatic heterocycles. The molecule has 19 heavy (non-hydrogen) atoms. The van der Waals surface area contributed by atoms with Crippen LogP contribution in [0.15, 0.2) is 53.5 Å². The number of hydrogen-bond donors (Lipinski definition) is 1. The highest BCUT2D eigenvalue weighted by atomic mass is 16.4. The second kappa shape index (κ2) is 5.77. The van der Waals surface area contributed by atoms with Crippen LogP contribution >= 0.6 is 0 Å². The van der Waals surface area contributed by atoms with E-state index in [-0.39, 0.29) is 5.56 Å². The molecule has 0 unspecified atom stereocenters. The summed E-state index contributed by atoms with van der Waals surface area (Å²) >= 11 is 0. The summed E-state index contributed by atoms with van der Waals surface area (Å²) in [6.45, 7) is 0.305. The lowest BCUT2D eigenvalue weighted by Gasteiger charge is -2.07. The molecule has 1 N–H and O–H groups in total. The fraction of sp³-hybridized carbons (Fsp3) is 0.0714. The van der Waals surface area contributed by atoms with Crippen molar-refractivity contribution >= 4 is 12.0 Å². The number of carbonyl (C=O) groups is 1. The topological polar surface area (TPSA) is 72.2 Å². The number of carboxylic acids is 1. The van der Waals surface area contributed by atoms with Crippen molar-refractivity contribution in [2.24, 2.45) is 0 Å². The van der Waals surface area contributed by atoms with Crippen LogP contribution in [0.3, 0.4) is 0 Å². The third-order valence-electron chi connectivity index (χ3n) is 2.57. The minimum Gasteiger partial charge on any atom is -0.478 e. The monoisotopic (exact) mass is 256 g/mol. The molecule has 0 spiro atoms. The summed E-state index contributed by atoms with van der Waals surface area (Å²) in [5.74, 6) is -1.01.